The van der Waals surface area contributed by atoms with Crippen LogP contribution in [0.3, 0.4) is 0 Å². The molecule has 1 aromatic carbocycles. The third-order valence-corrected chi connectivity index (χ3v) is 5.27. The van der Waals surface area contributed by atoms with E-state index in [9.17, 15) is 0 Å². The number of aryl methyl sites for hydroxylation is 1. The molecule has 2 N–H and O–H groups in total. The van der Waals surface area contributed by atoms with E-state index in [1.54, 1.807) is 13.4 Å². The molecule has 2 heterocycles. The van der Waals surface area contributed by atoms with Crippen molar-refractivity contribution in [1.29, 1.82) is 0 Å². The van der Waals surface area contributed by atoms with E-state index in [1.165, 1.54) is 11.8 Å². The number of hydrogen-bond donors (Lipinski definition) is 1. The lowest BCUT2D eigenvalue weighted by atomic mass is 10.3. The van der Waals surface area contributed by atoms with Gasteiger partial charge in [-0.2, -0.15) is 0 Å². The van der Waals surface area contributed by atoms with Gasteiger partial charge in [-0.05, 0) is 59.0 Å². The van der Waals surface area contributed by atoms with Gasteiger partial charge in [0.05, 0.1) is 17.0 Å². The highest BCUT2D eigenvalue weighted by molar-refractivity contribution is 14.1. The molecule has 0 unspecified atom stereocenters. The summed E-state index contributed by atoms with van der Waals surface area (Å²) in [5, 5.41) is 0.576. The number of unbranched alkanes of at least 4 members (excludes halogenated alkanes) is 1. The first-order chi connectivity index (χ1) is 12.1. The van der Waals surface area contributed by atoms with Gasteiger partial charge in [-0.3, -0.25) is 0 Å². The molecular weight excluding hydrogens is 449 g/mol. The maximum atomic E-state index is 6.06. The lowest BCUT2D eigenvalue weighted by Gasteiger charge is -2.07. The molecule has 3 aromatic rings. The summed E-state index contributed by atoms with van der Waals surface area (Å²) in [7, 11) is 1.65. The van der Waals surface area contributed by atoms with Crippen molar-refractivity contribution in [1.82, 2.24) is 19.5 Å². The number of methoxy groups -OCH3 is 1. The van der Waals surface area contributed by atoms with E-state index in [0.29, 0.717) is 22.9 Å². The maximum absolute atomic E-state index is 6.06. The van der Waals surface area contributed by atoms with E-state index in [0.717, 1.165) is 32.8 Å². The summed E-state index contributed by atoms with van der Waals surface area (Å²) in [6, 6.07) is 5.96. The number of hydrogen-bond acceptors (Lipinski definition) is 6. The van der Waals surface area contributed by atoms with Crippen molar-refractivity contribution in [2.24, 2.45) is 0 Å². The third-order valence-electron chi connectivity index (χ3n) is 3.52. The largest absolute Gasteiger partial charge is 0.496 e. The van der Waals surface area contributed by atoms with Crippen LogP contribution in [0.25, 0.3) is 11.2 Å². The zero-order valence-electron chi connectivity index (χ0n) is 13.6. The highest BCUT2D eigenvalue weighted by Crippen LogP contribution is 2.32. The molecular formula is C17H16IN5OS. The Labute approximate surface area is 163 Å². The zero-order valence-corrected chi connectivity index (χ0v) is 16.5. The number of ether oxygens (including phenoxy) is 1. The highest BCUT2D eigenvalue weighted by atomic mass is 127. The van der Waals surface area contributed by atoms with Gasteiger partial charge in [0.15, 0.2) is 16.6 Å². The van der Waals surface area contributed by atoms with E-state index < -0.39 is 0 Å². The Morgan fingerprint density at radius 3 is 3.00 bits per heavy atom. The van der Waals surface area contributed by atoms with Gasteiger partial charge in [0.1, 0.15) is 11.3 Å². The van der Waals surface area contributed by atoms with Crippen molar-refractivity contribution >= 4 is 51.3 Å². The molecule has 0 fully saturated rings. The molecule has 0 aliphatic heterocycles. The lowest BCUT2D eigenvalue weighted by Crippen LogP contribution is -2.01. The van der Waals surface area contributed by atoms with Gasteiger partial charge in [0.2, 0.25) is 0 Å². The molecule has 0 saturated carbocycles. The summed E-state index contributed by atoms with van der Waals surface area (Å²) in [6.07, 6.45) is 8.62. The van der Waals surface area contributed by atoms with E-state index in [-0.39, 0.29) is 0 Å². The second-order valence-electron chi connectivity index (χ2n) is 5.21. The fourth-order valence-electron chi connectivity index (χ4n) is 2.32. The van der Waals surface area contributed by atoms with Crippen molar-refractivity contribution in [3.63, 3.8) is 0 Å². The number of halogens is 1. The molecule has 8 heteroatoms. The van der Waals surface area contributed by atoms with Crippen LogP contribution in [0.5, 0.6) is 5.75 Å². The van der Waals surface area contributed by atoms with Crippen molar-refractivity contribution in [2.75, 3.05) is 12.8 Å². The number of imidazole rings is 1. The van der Waals surface area contributed by atoms with Crippen molar-refractivity contribution in [3.8, 4) is 18.1 Å². The van der Waals surface area contributed by atoms with Gasteiger partial charge in [-0.15, -0.1) is 12.3 Å². The molecule has 0 spiro atoms. The van der Waals surface area contributed by atoms with Gasteiger partial charge in [0, 0.05) is 17.9 Å². The quantitative estimate of drug-likeness (QED) is 0.260. The fourth-order valence-corrected chi connectivity index (χ4v) is 3.66. The topological polar surface area (TPSA) is 78.9 Å². The Morgan fingerprint density at radius 1 is 1.40 bits per heavy atom. The summed E-state index contributed by atoms with van der Waals surface area (Å²) >= 11 is 3.67. The molecule has 25 heavy (non-hydrogen) atoms. The smallest absolute Gasteiger partial charge is 0.196 e. The number of nitrogens with two attached hydrogens (primary N) is 1. The molecule has 3 rings (SSSR count). The number of anilines is 1. The van der Waals surface area contributed by atoms with Crippen molar-refractivity contribution in [2.45, 2.75) is 29.4 Å². The summed E-state index contributed by atoms with van der Waals surface area (Å²) in [4.78, 5) is 14.3. The van der Waals surface area contributed by atoms with E-state index in [2.05, 4.69) is 43.5 Å². The van der Waals surface area contributed by atoms with Crippen LogP contribution < -0.4 is 10.5 Å². The minimum absolute atomic E-state index is 0.376. The monoisotopic (exact) mass is 465 g/mol. The average Bonchev–Trinajstić information content (AvgIpc) is 3.00. The van der Waals surface area contributed by atoms with E-state index in [1.807, 2.05) is 22.8 Å². The number of nitrogens with zero attached hydrogens (tertiary/aromatic N) is 4. The minimum Gasteiger partial charge on any atom is -0.496 e. The first-order valence-electron chi connectivity index (χ1n) is 7.55. The fraction of sp³-hybridized carbons (Fsp3) is 0.235. The Balaban J connectivity index is 1.91. The molecule has 0 amide bonds. The molecule has 128 valence electrons. The van der Waals surface area contributed by atoms with Crippen LogP contribution in [0.15, 0.2) is 34.6 Å². The highest BCUT2D eigenvalue weighted by Gasteiger charge is 2.13. The predicted molar refractivity (Wildman–Crippen MR) is 108 cm³/mol. The number of terminal acetylenes is 1. The van der Waals surface area contributed by atoms with Crippen LogP contribution in [-0.2, 0) is 6.54 Å². The average molecular weight is 465 g/mol. The summed E-state index contributed by atoms with van der Waals surface area (Å²) in [5.41, 5.74) is 7.40. The van der Waals surface area contributed by atoms with Gasteiger partial charge < -0.3 is 15.0 Å². The second kappa shape index (κ2) is 7.93. The normalized spacial score (nSPS) is 10.8. The minimum atomic E-state index is 0.376. The Kier molecular flexibility index (Phi) is 5.65. The molecule has 0 radical (unpaired) electrons. The predicted octanol–water partition coefficient (Wildman–Crippen LogP) is 3.59. The molecule has 0 aliphatic rings. The van der Waals surface area contributed by atoms with Crippen LogP contribution in [0, 0.1) is 15.9 Å². The third kappa shape index (κ3) is 3.99. The van der Waals surface area contributed by atoms with Gasteiger partial charge in [0.25, 0.3) is 0 Å². The van der Waals surface area contributed by atoms with Crippen LogP contribution in [0.2, 0.25) is 0 Å². The summed E-state index contributed by atoms with van der Waals surface area (Å²) < 4.78 is 8.37. The molecule has 6 nitrogen and oxygen atoms in total. The summed E-state index contributed by atoms with van der Waals surface area (Å²) in [6.45, 7) is 0.749. The van der Waals surface area contributed by atoms with Crippen molar-refractivity contribution < 1.29 is 4.74 Å². The van der Waals surface area contributed by atoms with Crippen LogP contribution in [0.4, 0.5) is 5.82 Å². The van der Waals surface area contributed by atoms with Crippen LogP contribution in [0.1, 0.15) is 12.8 Å². The van der Waals surface area contributed by atoms with Crippen molar-refractivity contribution in [3.05, 3.63) is 28.1 Å². The van der Waals surface area contributed by atoms with E-state index >= 15 is 0 Å². The Morgan fingerprint density at radius 2 is 2.24 bits per heavy atom. The standard InChI is InChI=1S/C17H16IN5OS/c1-3-4-5-8-23-10-20-14-15(19)21-17(22-16(14)23)25-11-6-7-12(18)13(9-11)24-2/h1,6-7,9-10H,4-5,8H2,2H3,(H2,19,21,22). The number of fused-ring (bicyclic) bond motifs is 1. The zero-order chi connectivity index (χ0) is 17.8. The number of rotatable bonds is 6. The molecule has 0 bridgehead atoms. The first kappa shape index (κ1) is 17.8. The molecule has 0 saturated heterocycles. The molecule has 2 aromatic heterocycles. The summed E-state index contributed by atoms with van der Waals surface area (Å²) in [5.74, 6) is 3.84. The van der Waals surface area contributed by atoms with Crippen LogP contribution in [-0.4, -0.2) is 26.6 Å². The second-order valence-corrected chi connectivity index (χ2v) is 7.41. The van der Waals surface area contributed by atoms with Gasteiger partial charge in [-0.25, -0.2) is 15.0 Å². The lowest BCUT2D eigenvalue weighted by molar-refractivity contribution is 0.410. The number of aromatic nitrogens is 4. The van der Waals surface area contributed by atoms with Gasteiger partial charge >= 0.3 is 0 Å². The Hall–Kier alpha value is -1.99. The maximum Gasteiger partial charge on any atom is 0.196 e. The first-order valence-corrected chi connectivity index (χ1v) is 9.45. The van der Waals surface area contributed by atoms with Gasteiger partial charge in [-0.1, -0.05) is 0 Å². The number of benzene rings is 1. The SMILES string of the molecule is C#CCCCn1cnc2c(N)nc(Sc3ccc(I)c(OC)c3)nc21. The number of nitrogen functional groups attached to an aromatic ring is 1. The molecule has 0 aliphatic carbocycles. The Bertz CT molecular complexity index is 950. The van der Waals surface area contributed by atoms with E-state index in [4.69, 9.17) is 16.9 Å². The van der Waals surface area contributed by atoms with Crippen LogP contribution >= 0.6 is 34.4 Å². The molecule has 0 atom stereocenters.